The van der Waals surface area contributed by atoms with E-state index in [4.69, 9.17) is 18.2 Å². The van der Waals surface area contributed by atoms with Crippen LogP contribution < -0.4 is 0 Å². The van der Waals surface area contributed by atoms with E-state index in [1.54, 1.807) is 0 Å². The van der Waals surface area contributed by atoms with Crippen LogP contribution in [0.15, 0.2) is 12.2 Å². The normalized spacial score (nSPS) is 31.7. The van der Waals surface area contributed by atoms with Gasteiger partial charge in [0.15, 0.2) is 6.61 Å². The zero-order chi connectivity index (χ0) is 15.6. The Labute approximate surface area is 125 Å². The summed E-state index contributed by atoms with van der Waals surface area (Å²) in [6.45, 7) is 4.37. The second-order valence-electron chi connectivity index (χ2n) is 5.42. The lowest BCUT2D eigenvalue weighted by Crippen LogP contribution is -2.39. The topological polar surface area (TPSA) is 99.1 Å². The fourth-order valence-corrected chi connectivity index (χ4v) is 3.47. The van der Waals surface area contributed by atoms with Crippen LogP contribution in [-0.4, -0.2) is 39.5 Å². The predicted octanol–water partition coefficient (Wildman–Crippen LogP) is 0.969. The first-order chi connectivity index (χ1) is 9.88. The van der Waals surface area contributed by atoms with Gasteiger partial charge in [-0.05, 0) is 38.0 Å². The van der Waals surface area contributed by atoms with Crippen LogP contribution >= 0.6 is 0 Å². The molecule has 2 rings (SSSR count). The van der Waals surface area contributed by atoms with Gasteiger partial charge in [-0.25, -0.2) is 9.59 Å². The fraction of sp³-hybridized carbons (Fsp3) is 0.692. The standard InChI is InChI=1S/C13H18O7S/c1-7(2)13(15)18-6-10(14)19-11-8-3-4-9(5-8)12(11)20-21(16)17/h8-9,11-12H,1,3-6H2,2H3,(H,16,17). The van der Waals surface area contributed by atoms with E-state index in [0.29, 0.717) is 0 Å². The average Bonchev–Trinajstić information content (AvgIpc) is 2.98. The minimum atomic E-state index is -2.40. The maximum absolute atomic E-state index is 11.7. The Morgan fingerprint density at radius 2 is 1.90 bits per heavy atom. The second-order valence-corrected chi connectivity index (χ2v) is 6.05. The van der Waals surface area contributed by atoms with Crippen LogP contribution in [0.1, 0.15) is 26.2 Å². The molecule has 0 aliphatic heterocycles. The van der Waals surface area contributed by atoms with Crippen molar-refractivity contribution >= 4 is 23.3 Å². The lowest BCUT2D eigenvalue weighted by atomic mass is 9.95. The van der Waals surface area contributed by atoms with Crippen LogP contribution in [0, 0.1) is 11.8 Å². The molecule has 7 nitrogen and oxygen atoms in total. The number of ether oxygens (including phenoxy) is 2. The number of rotatable bonds is 6. The zero-order valence-electron chi connectivity index (χ0n) is 11.6. The quantitative estimate of drug-likeness (QED) is 0.442. The molecule has 0 amide bonds. The monoisotopic (exact) mass is 318 g/mol. The summed E-state index contributed by atoms with van der Waals surface area (Å²) in [5.41, 5.74) is 0.194. The number of hydrogen-bond acceptors (Lipinski definition) is 6. The third kappa shape index (κ3) is 3.90. The Hall–Kier alpha value is -1.25. The van der Waals surface area contributed by atoms with Gasteiger partial charge in [-0.15, -0.1) is 0 Å². The summed E-state index contributed by atoms with van der Waals surface area (Å²) >= 11 is -2.40. The number of carbonyl (C=O) groups is 2. The van der Waals surface area contributed by atoms with Crippen molar-refractivity contribution in [3.63, 3.8) is 0 Å². The van der Waals surface area contributed by atoms with E-state index in [9.17, 15) is 13.8 Å². The molecule has 2 fully saturated rings. The summed E-state index contributed by atoms with van der Waals surface area (Å²) in [4.78, 5) is 22.9. The third-order valence-electron chi connectivity index (χ3n) is 3.90. The van der Waals surface area contributed by atoms with E-state index in [1.807, 2.05) is 0 Å². The summed E-state index contributed by atoms with van der Waals surface area (Å²) in [6.07, 6.45) is 1.47. The van der Waals surface area contributed by atoms with Crippen LogP contribution in [-0.2, 0) is 34.6 Å². The Bertz CT molecular complexity index is 475. The highest BCUT2D eigenvalue weighted by Crippen LogP contribution is 2.47. The minimum Gasteiger partial charge on any atom is -0.457 e. The van der Waals surface area contributed by atoms with E-state index in [1.165, 1.54) is 6.92 Å². The highest BCUT2D eigenvalue weighted by Gasteiger charge is 2.51. The first-order valence-electron chi connectivity index (χ1n) is 6.68. The van der Waals surface area contributed by atoms with Crippen molar-refractivity contribution in [2.45, 2.75) is 38.4 Å². The molecule has 2 bridgehead atoms. The van der Waals surface area contributed by atoms with Gasteiger partial charge in [0.2, 0.25) is 0 Å². The smallest absolute Gasteiger partial charge is 0.344 e. The van der Waals surface area contributed by atoms with Gasteiger partial charge < -0.3 is 9.47 Å². The molecule has 2 aliphatic rings. The Morgan fingerprint density at radius 1 is 1.29 bits per heavy atom. The predicted molar refractivity (Wildman–Crippen MR) is 72.1 cm³/mol. The van der Waals surface area contributed by atoms with Crippen LogP contribution in [0.25, 0.3) is 0 Å². The molecule has 0 radical (unpaired) electrons. The Kier molecular flexibility index (Phi) is 5.13. The van der Waals surface area contributed by atoms with E-state index in [-0.39, 0.29) is 17.4 Å². The molecule has 0 aromatic rings. The zero-order valence-corrected chi connectivity index (χ0v) is 12.5. The first kappa shape index (κ1) is 16.1. The molecule has 8 heteroatoms. The lowest BCUT2D eigenvalue weighted by Gasteiger charge is -2.28. The molecule has 0 heterocycles. The maximum atomic E-state index is 11.7. The summed E-state index contributed by atoms with van der Waals surface area (Å²) in [5, 5.41) is 0. The van der Waals surface area contributed by atoms with Crippen molar-refractivity contribution in [3.8, 4) is 0 Å². The summed E-state index contributed by atoms with van der Waals surface area (Å²) in [6, 6.07) is 0. The van der Waals surface area contributed by atoms with Crippen molar-refractivity contribution in [3.05, 3.63) is 12.2 Å². The summed E-state index contributed by atoms with van der Waals surface area (Å²) in [5.74, 6) is -1.10. The highest BCUT2D eigenvalue weighted by molar-refractivity contribution is 7.74. The van der Waals surface area contributed by atoms with Crippen molar-refractivity contribution in [2.75, 3.05) is 6.61 Å². The summed E-state index contributed by atoms with van der Waals surface area (Å²) < 4.78 is 34.6. The van der Waals surface area contributed by atoms with Crippen molar-refractivity contribution in [2.24, 2.45) is 11.8 Å². The van der Waals surface area contributed by atoms with Gasteiger partial charge >= 0.3 is 23.3 Å². The molecule has 5 unspecified atom stereocenters. The van der Waals surface area contributed by atoms with Gasteiger partial charge in [0.05, 0.1) is 0 Å². The van der Waals surface area contributed by atoms with E-state index < -0.39 is 42.1 Å². The molecule has 118 valence electrons. The molecule has 0 aromatic carbocycles. The third-order valence-corrected chi connectivity index (χ3v) is 4.28. The van der Waals surface area contributed by atoms with Gasteiger partial charge in [-0.2, -0.15) is 4.21 Å². The highest BCUT2D eigenvalue weighted by atomic mass is 32.2. The van der Waals surface area contributed by atoms with Gasteiger partial charge in [0.1, 0.15) is 12.2 Å². The largest absolute Gasteiger partial charge is 0.457 e. The van der Waals surface area contributed by atoms with Crippen LogP contribution in [0.2, 0.25) is 0 Å². The van der Waals surface area contributed by atoms with E-state index in [0.717, 1.165) is 19.3 Å². The molecule has 5 atom stereocenters. The number of esters is 2. The molecule has 21 heavy (non-hydrogen) atoms. The number of hydrogen-bond donors (Lipinski definition) is 1. The molecule has 2 aliphatic carbocycles. The van der Waals surface area contributed by atoms with Crippen molar-refractivity contribution in [1.29, 1.82) is 0 Å². The Balaban J connectivity index is 1.88. The van der Waals surface area contributed by atoms with E-state index in [2.05, 4.69) is 6.58 Å². The second kappa shape index (κ2) is 6.67. The first-order valence-corrected chi connectivity index (χ1v) is 7.71. The van der Waals surface area contributed by atoms with E-state index >= 15 is 0 Å². The maximum Gasteiger partial charge on any atom is 0.344 e. The molecule has 0 saturated heterocycles. The Morgan fingerprint density at radius 3 is 2.48 bits per heavy atom. The van der Waals surface area contributed by atoms with Gasteiger partial charge in [-0.1, -0.05) is 6.58 Å². The van der Waals surface area contributed by atoms with Gasteiger partial charge in [-0.3, -0.25) is 8.74 Å². The van der Waals surface area contributed by atoms with Crippen LogP contribution in [0.5, 0.6) is 0 Å². The molecule has 1 N–H and O–H groups in total. The average molecular weight is 318 g/mol. The van der Waals surface area contributed by atoms with Gasteiger partial charge in [0.25, 0.3) is 0 Å². The minimum absolute atomic E-state index is 0.127. The fourth-order valence-electron chi connectivity index (χ4n) is 3.01. The van der Waals surface area contributed by atoms with Gasteiger partial charge in [0, 0.05) is 5.57 Å². The van der Waals surface area contributed by atoms with Crippen LogP contribution in [0.4, 0.5) is 0 Å². The van der Waals surface area contributed by atoms with Crippen molar-refractivity contribution < 1.29 is 32.0 Å². The summed E-state index contributed by atoms with van der Waals surface area (Å²) in [7, 11) is 0. The molecule has 0 spiro atoms. The molecule has 2 saturated carbocycles. The SMILES string of the molecule is C=C(C)C(=O)OCC(=O)OC1C2CCC(C2)C1OS(=O)O. The van der Waals surface area contributed by atoms with Crippen molar-refractivity contribution in [1.82, 2.24) is 0 Å². The molecule has 0 aromatic heterocycles. The van der Waals surface area contributed by atoms with Crippen LogP contribution in [0.3, 0.4) is 0 Å². The number of carbonyl (C=O) groups excluding carboxylic acids is 2. The number of fused-ring (bicyclic) bond motifs is 2. The molecular formula is C13H18O7S. The molecular weight excluding hydrogens is 300 g/mol. The lowest BCUT2D eigenvalue weighted by molar-refractivity contribution is -0.166.